The molecule has 29 heavy (non-hydrogen) atoms. The van der Waals surface area contributed by atoms with Gasteiger partial charge in [-0.1, -0.05) is 12.1 Å². The molecule has 1 aliphatic carbocycles. The number of Topliss-reactive ketones (excluding diaryl/α,β-unsaturated/α-hetero) is 1. The predicted molar refractivity (Wildman–Crippen MR) is 110 cm³/mol. The van der Waals surface area contributed by atoms with Crippen LogP contribution in [-0.4, -0.2) is 28.4 Å². The van der Waals surface area contributed by atoms with Crippen LogP contribution in [0.3, 0.4) is 0 Å². The number of carboxylic acid groups (broad SMARTS) is 1. The zero-order valence-corrected chi connectivity index (χ0v) is 16.6. The number of anilines is 1. The number of carbonyl (C=O) groups excluding carboxylic acids is 2. The van der Waals surface area contributed by atoms with Crippen LogP contribution in [0.2, 0.25) is 0 Å². The van der Waals surface area contributed by atoms with Crippen molar-refractivity contribution < 1.29 is 24.2 Å². The van der Waals surface area contributed by atoms with Gasteiger partial charge in [0.05, 0.1) is 0 Å². The van der Waals surface area contributed by atoms with Gasteiger partial charge in [0.15, 0.2) is 11.4 Å². The van der Waals surface area contributed by atoms with E-state index in [0.717, 1.165) is 11.1 Å². The summed E-state index contributed by atoms with van der Waals surface area (Å²) in [6.07, 6.45) is 3.12. The fourth-order valence-electron chi connectivity index (χ4n) is 3.16. The smallest absolute Gasteiger partial charge is 0.347 e. The number of hydrogen-bond acceptors (Lipinski definition) is 4. The van der Waals surface area contributed by atoms with Gasteiger partial charge in [-0.2, -0.15) is 0 Å². The molecule has 0 aromatic heterocycles. The standard InChI is InChI=1S/C23H23NO5/c1-14(25)24-18-8-4-15(5-9-18)12-17-7-6-16-13-19(10-11-20(16)21(17)26)29-23(2,3)22(27)28/h4-5,8-13H,6-7H2,1-3H3,(H,24,25)(H,27,28). The Bertz CT molecular complexity index is 1000. The van der Waals surface area contributed by atoms with Crippen molar-refractivity contribution in [3.63, 3.8) is 0 Å². The van der Waals surface area contributed by atoms with E-state index < -0.39 is 11.6 Å². The number of hydrogen-bond donors (Lipinski definition) is 2. The third kappa shape index (κ3) is 4.71. The zero-order chi connectivity index (χ0) is 21.2. The fourth-order valence-corrected chi connectivity index (χ4v) is 3.16. The van der Waals surface area contributed by atoms with Crippen LogP contribution in [0.25, 0.3) is 6.08 Å². The lowest BCUT2D eigenvalue weighted by molar-refractivity contribution is -0.152. The summed E-state index contributed by atoms with van der Waals surface area (Å²) in [5.74, 6) is -0.794. The van der Waals surface area contributed by atoms with Crippen LogP contribution in [0, 0.1) is 0 Å². The highest BCUT2D eigenvalue weighted by Gasteiger charge is 2.30. The molecule has 2 N–H and O–H groups in total. The molecule has 0 bridgehead atoms. The Morgan fingerprint density at radius 3 is 2.41 bits per heavy atom. The van der Waals surface area contributed by atoms with Gasteiger partial charge in [-0.25, -0.2) is 4.79 Å². The second-order valence-electron chi connectivity index (χ2n) is 7.54. The summed E-state index contributed by atoms with van der Waals surface area (Å²) in [5.41, 5.74) is 2.42. The molecule has 6 nitrogen and oxygen atoms in total. The summed E-state index contributed by atoms with van der Waals surface area (Å²) in [5, 5.41) is 11.9. The molecular formula is C23H23NO5. The van der Waals surface area contributed by atoms with Crippen LogP contribution in [0.1, 0.15) is 48.7 Å². The normalized spacial score (nSPS) is 15.0. The molecule has 0 saturated heterocycles. The first-order valence-electron chi connectivity index (χ1n) is 9.34. The number of aliphatic carboxylic acids is 1. The average molecular weight is 393 g/mol. The second kappa shape index (κ2) is 7.91. The molecule has 150 valence electrons. The predicted octanol–water partition coefficient (Wildman–Crippen LogP) is 4.10. The molecular weight excluding hydrogens is 370 g/mol. The number of fused-ring (bicyclic) bond motifs is 1. The first-order chi connectivity index (χ1) is 13.7. The van der Waals surface area contributed by atoms with Crippen LogP contribution in [-0.2, 0) is 16.0 Å². The molecule has 0 unspecified atom stereocenters. The van der Waals surface area contributed by atoms with Gasteiger partial charge in [-0.3, -0.25) is 9.59 Å². The van der Waals surface area contributed by atoms with Crippen LogP contribution in [0.4, 0.5) is 5.69 Å². The van der Waals surface area contributed by atoms with Gasteiger partial charge in [-0.15, -0.1) is 0 Å². The lowest BCUT2D eigenvalue weighted by Gasteiger charge is -2.23. The van der Waals surface area contributed by atoms with E-state index >= 15 is 0 Å². The summed E-state index contributed by atoms with van der Waals surface area (Å²) >= 11 is 0. The van der Waals surface area contributed by atoms with E-state index in [0.29, 0.717) is 35.4 Å². The SMILES string of the molecule is CC(=O)Nc1ccc(C=C2CCc3cc(OC(C)(C)C(=O)O)ccc3C2=O)cc1. The van der Waals surface area contributed by atoms with Crippen LogP contribution < -0.4 is 10.1 Å². The Balaban J connectivity index is 1.79. The summed E-state index contributed by atoms with van der Waals surface area (Å²) in [7, 11) is 0. The van der Waals surface area contributed by atoms with E-state index in [2.05, 4.69) is 5.32 Å². The maximum Gasteiger partial charge on any atom is 0.347 e. The number of nitrogens with one attached hydrogen (secondary N) is 1. The van der Waals surface area contributed by atoms with Gasteiger partial charge in [-0.05, 0) is 74.2 Å². The maximum absolute atomic E-state index is 12.9. The molecule has 2 aromatic rings. The van der Waals surface area contributed by atoms with Gasteiger partial charge < -0.3 is 15.2 Å². The van der Waals surface area contributed by atoms with Gasteiger partial charge in [0.25, 0.3) is 0 Å². The second-order valence-corrected chi connectivity index (χ2v) is 7.54. The number of carboxylic acids is 1. The minimum Gasteiger partial charge on any atom is -0.478 e. The first kappa shape index (κ1) is 20.3. The molecule has 1 amide bonds. The number of carbonyl (C=O) groups is 3. The van der Waals surface area contributed by atoms with E-state index in [1.54, 1.807) is 30.3 Å². The quantitative estimate of drug-likeness (QED) is 0.746. The van der Waals surface area contributed by atoms with Gasteiger partial charge >= 0.3 is 5.97 Å². The van der Waals surface area contributed by atoms with Crippen molar-refractivity contribution in [3.8, 4) is 5.75 Å². The Morgan fingerprint density at radius 1 is 1.10 bits per heavy atom. The van der Waals surface area contributed by atoms with E-state index in [9.17, 15) is 19.5 Å². The molecule has 0 atom stereocenters. The van der Waals surface area contributed by atoms with Crippen molar-refractivity contribution >= 4 is 29.4 Å². The molecule has 6 heteroatoms. The van der Waals surface area contributed by atoms with Gasteiger partial charge in [0.2, 0.25) is 5.91 Å². The Hall–Kier alpha value is -3.41. The van der Waals surface area contributed by atoms with E-state index in [1.807, 2.05) is 18.2 Å². The Labute approximate surface area is 169 Å². The molecule has 0 fully saturated rings. The average Bonchev–Trinajstić information content (AvgIpc) is 2.64. The lowest BCUT2D eigenvalue weighted by Crippen LogP contribution is -2.37. The highest BCUT2D eigenvalue weighted by molar-refractivity contribution is 6.13. The summed E-state index contributed by atoms with van der Waals surface area (Å²) < 4.78 is 5.57. The minimum atomic E-state index is -1.35. The number of ether oxygens (including phenoxy) is 1. The topological polar surface area (TPSA) is 92.7 Å². The summed E-state index contributed by atoms with van der Waals surface area (Å²) in [4.78, 5) is 35.2. The van der Waals surface area contributed by atoms with Crippen molar-refractivity contribution in [1.82, 2.24) is 0 Å². The van der Waals surface area contributed by atoms with Crippen LogP contribution in [0.15, 0.2) is 48.0 Å². The molecule has 2 aromatic carbocycles. The number of benzene rings is 2. The molecule has 0 radical (unpaired) electrons. The summed E-state index contributed by atoms with van der Waals surface area (Å²) in [6.45, 7) is 4.42. The van der Waals surface area contributed by atoms with Crippen molar-refractivity contribution in [2.45, 2.75) is 39.2 Å². The zero-order valence-electron chi connectivity index (χ0n) is 16.6. The van der Waals surface area contributed by atoms with Crippen molar-refractivity contribution in [2.24, 2.45) is 0 Å². The molecule has 0 heterocycles. The number of aryl methyl sites for hydroxylation is 1. The Kier molecular flexibility index (Phi) is 5.55. The van der Waals surface area contributed by atoms with Gasteiger partial charge in [0.1, 0.15) is 5.75 Å². The Morgan fingerprint density at radius 2 is 1.79 bits per heavy atom. The fraction of sp³-hybridized carbons (Fsp3) is 0.261. The lowest BCUT2D eigenvalue weighted by atomic mass is 9.86. The minimum absolute atomic E-state index is 0.0405. The number of rotatable bonds is 5. The highest BCUT2D eigenvalue weighted by atomic mass is 16.5. The third-order valence-electron chi connectivity index (χ3n) is 4.74. The highest BCUT2D eigenvalue weighted by Crippen LogP contribution is 2.31. The largest absolute Gasteiger partial charge is 0.478 e. The van der Waals surface area contributed by atoms with E-state index in [1.165, 1.54) is 20.8 Å². The maximum atomic E-state index is 12.9. The third-order valence-corrected chi connectivity index (χ3v) is 4.74. The number of ketones is 1. The molecule has 3 rings (SSSR count). The van der Waals surface area contributed by atoms with Gasteiger partial charge in [0, 0.05) is 23.7 Å². The molecule has 0 spiro atoms. The van der Waals surface area contributed by atoms with E-state index in [4.69, 9.17) is 4.74 Å². The first-order valence-corrected chi connectivity index (χ1v) is 9.34. The molecule has 1 aliphatic rings. The monoisotopic (exact) mass is 393 g/mol. The van der Waals surface area contributed by atoms with Crippen molar-refractivity contribution in [2.75, 3.05) is 5.32 Å². The van der Waals surface area contributed by atoms with Crippen LogP contribution in [0.5, 0.6) is 5.75 Å². The molecule has 0 aliphatic heterocycles. The van der Waals surface area contributed by atoms with E-state index in [-0.39, 0.29) is 11.7 Å². The van der Waals surface area contributed by atoms with Crippen molar-refractivity contribution in [1.29, 1.82) is 0 Å². The number of amides is 1. The summed E-state index contributed by atoms with van der Waals surface area (Å²) in [6, 6.07) is 12.4. The molecule has 0 saturated carbocycles. The van der Waals surface area contributed by atoms with Crippen LogP contribution >= 0.6 is 0 Å². The number of allylic oxidation sites excluding steroid dienone is 1. The van der Waals surface area contributed by atoms with Crippen molar-refractivity contribution in [3.05, 3.63) is 64.7 Å².